The fourth-order valence-corrected chi connectivity index (χ4v) is 3.46. The number of amides is 1. The summed E-state index contributed by atoms with van der Waals surface area (Å²) in [5, 5.41) is 9.36. The van der Waals surface area contributed by atoms with E-state index in [0.717, 1.165) is 24.8 Å². The summed E-state index contributed by atoms with van der Waals surface area (Å²) in [6.07, 6.45) is 3.44. The standard InChI is InChI=1S/C18H23NO3/c1-12-2-4-13(5-3-12)6-9-17(20)19-10-15(14-7-8-14)16(11-19)18(21)22/h2-5,14-16H,6-11H2,1H3,(H,21,22)/t15-,16+/m1/s1. The van der Waals surface area contributed by atoms with Crippen molar-refractivity contribution in [3.05, 3.63) is 35.4 Å². The molecular weight excluding hydrogens is 278 g/mol. The van der Waals surface area contributed by atoms with Gasteiger partial charge in [0.1, 0.15) is 0 Å². The average Bonchev–Trinajstić information content (AvgIpc) is 3.24. The van der Waals surface area contributed by atoms with Gasteiger partial charge in [0.2, 0.25) is 5.91 Å². The molecule has 1 saturated carbocycles. The van der Waals surface area contributed by atoms with Crippen molar-refractivity contribution in [2.75, 3.05) is 13.1 Å². The number of rotatable bonds is 5. The summed E-state index contributed by atoms with van der Waals surface area (Å²) in [4.78, 5) is 25.5. The Balaban J connectivity index is 1.56. The van der Waals surface area contributed by atoms with E-state index < -0.39 is 5.97 Å². The molecule has 1 amide bonds. The van der Waals surface area contributed by atoms with Gasteiger partial charge in [-0.25, -0.2) is 0 Å². The smallest absolute Gasteiger partial charge is 0.308 e. The zero-order valence-electron chi connectivity index (χ0n) is 13.0. The number of aryl methyl sites for hydroxylation is 2. The molecule has 4 heteroatoms. The van der Waals surface area contributed by atoms with Crippen molar-refractivity contribution in [2.24, 2.45) is 17.8 Å². The van der Waals surface area contributed by atoms with E-state index in [0.29, 0.717) is 25.4 Å². The molecule has 0 radical (unpaired) electrons. The normalized spacial score (nSPS) is 24.5. The first-order valence-corrected chi connectivity index (χ1v) is 8.10. The van der Waals surface area contributed by atoms with E-state index in [1.807, 2.05) is 6.92 Å². The first kappa shape index (κ1) is 15.1. The lowest BCUT2D eigenvalue weighted by molar-refractivity contribution is -0.142. The number of carbonyl (C=O) groups is 2. The van der Waals surface area contributed by atoms with Crippen LogP contribution in [0.25, 0.3) is 0 Å². The number of carboxylic acid groups (broad SMARTS) is 1. The van der Waals surface area contributed by atoms with Crippen LogP contribution in [0.3, 0.4) is 0 Å². The number of likely N-dealkylation sites (tertiary alicyclic amines) is 1. The molecule has 2 atom stereocenters. The maximum absolute atomic E-state index is 12.4. The second-order valence-electron chi connectivity index (χ2n) is 6.73. The minimum absolute atomic E-state index is 0.0926. The molecule has 0 aromatic heterocycles. The SMILES string of the molecule is Cc1ccc(CCC(=O)N2C[C@H](C(=O)O)[C@@H](C3CC3)C2)cc1. The van der Waals surface area contributed by atoms with Crippen LogP contribution in [0.2, 0.25) is 0 Å². The van der Waals surface area contributed by atoms with Crippen molar-refractivity contribution in [2.45, 2.75) is 32.6 Å². The van der Waals surface area contributed by atoms with Gasteiger partial charge >= 0.3 is 5.97 Å². The van der Waals surface area contributed by atoms with E-state index in [4.69, 9.17) is 0 Å². The molecule has 0 spiro atoms. The Morgan fingerprint density at radius 1 is 1.18 bits per heavy atom. The van der Waals surface area contributed by atoms with Crippen LogP contribution in [0.5, 0.6) is 0 Å². The lowest BCUT2D eigenvalue weighted by Crippen LogP contribution is -2.30. The van der Waals surface area contributed by atoms with Crippen LogP contribution in [0.15, 0.2) is 24.3 Å². The van der Waals surface area contributed by atoms with Crippen LogP contribution in [-0.2, 0) is 16.0 Å². The second-order valence-corrected chi connectivity index (χ2v) is 6.73. The number of hydrogen-bond donors (Lipinski definition) is 1. The van der Waals surface area contributed by atoms with Crippen molar-refractivity contribution in [1.82, 2.24) is 4.90 Å². The summed E-state index contributed by atoms with van der Waals surface area (Å²) in [7, 11) is 0. The highest BCUT2D eigenvalue weighted by Gasteiger charge is 2.46. The Bertz CT molecular complexity index is 562. The van der Waals surface area contributed by atoms with Gasteiger partial charge in [-0.1, -0.05) is 29.8 Å². The fourth-order valence-electron chi connectivity index (χ4n) is 3.46. The Hall–Kier alpha value is -1.84. The molecule has 1 aromatic carbocycles. The van der Waals surface area contributed by atoms with Gasteiger partial charge < -0.3 is 10.0 Å². The maximum Gasteiger partial charge on any atom is 0.308 e. The Morgan fingerprint density at radius 3 is 2.45 bits per heavy atom. The van der Waals surface area contributed by atoms with Crippen molar-refractivity contribution in [1.29, 1.82) is 0 Å². The predicted molar refractivity (Wildman–Crippen MR) is 83.4 cm³/mol. The molecule has 2 aliphatic rings. The third kappa shape index (κ3) is 3.32. The summed E-state index contributed by atoms with van der Waals surface area (Å²) in [5.74, 6) is -0.326. The van der Waals surface area contributed by atoms with Gasteiger partial charge in [0, 0.05) is 19.5 Å². The van der Waals surface area contributed by atoms with E-state index >= 15 is 0 Å². The van der Waals surface area contributed by atoms with Crippen LogP contribution in [0.4, 0.5) is 0 Å². The number of nitrogens with zero attached hydrogens (tertiary/aromatic N) is 1. The van der Waals surface area contributed by atoms with Gasteiger partial charge in [-0.3, -0.25) is 9.59 Å². The van der Waals surface area contributed by atoms with Crippen molar-refractivity contribution >= 4 is 11.9 Å². The molecule has 118 valence electrons. The molecule has 1 aliphatic heterocycles. The lowest BCUT2D eigenvalue weighted by atomic mass is 9.92. The highest BCUT2D eigenvalue weighted by Crippen LogP contribution is 2.44. The molecule has 1 N–H and O–H groups in total. The van der Waals surface area contributed by atoms with Crippen molar-refractivity contribution in [3.8, 4) is 0 Å². The van der Waals surface area contributed by atoms with Gasteiger partial charge in [-0.15, -0.1) is 0 Å². The topological polar surface area (TPSA) is 57.6 Å². The molecular formula is C18H23NO3. The molecule has 3 rings (SSSR count). The van der Waals surface area contributed by atoms with Gasteiger partial charge in [-0.2, -0.15) is 0 Å². The molecule has 4 nitrogen and oxygen atoms in total. The predicted octanol–water partition coefficient (Wildman–Crippen LogP) is 2.50. The minimum atomic E-state index is -0.745. The number of hydrogen-bond acceptors (Lipinski definition) is 2. The summed E-state index contributed by atoms with van der Waals surface area (Å²) < 4.78 is 0. The molecule has 0 bridgehead atoms. The summed E-state index contributed by atoms with van der Waals surface area (Å²) in [5.41, 5.74) is 2.37. The molecule has 2 fully saturated rings. The number of carbonyl (C=O) groups excluding carboxylic acids is 1. The van der Waals surface area contributed by atoms with Crippen LogP contribution < -0.4 is 0 Å². The molecule has 1 aliphatic carbocycles. The number of carboxylic acids is 1. The van der Waals surface area contributed by atoms with Gasteiger partial charge in [0.05, 0.1) is 5.92 Å². The zero-order valence-corrected chi connectivity index (χ0v) is 13.0. The third-order valence-corrected chi connectivity index (χ3v) is 5.01. The average molecular weight is 301 g/mol. The number of benzene rings is 1. The van der Waals surface area contributed by atoms with Crippen molar-refractivity contribution in [3.63, 3.8) is 0 Å². The first-order chi connectivity index (χ1) is 10.5. The second kappa shape index (κ2) is 6.11. The van der Waals surface area contributed by atoms with Gasteiger partial charge in [0.25, 0.3) is 0 Å². The highest BCUT2D eigenvalue weighted by atomic mass is 16.4. The molecule has 22 heavy (non-hydrogen) atoms. The van der Waals surface area contributed by atoms with Crippen LogP contribution in [0, 0.1) is 24.7 Å². The maximum atomic E-state index is 12.4. The summed E-state index contributed by atoms with van der Waals surface area (Å²) in [6, 6.07) is 8.22. The minimum Gasteiger partial charge on any atom is -0.481 e. The third-order valence-electron chi connectivity index (χ3n) is 5.01. The Kier molecular flexibility index (Phi) is 4.19. The lowest BCUT2D eigenvalue weighted by Gasteiger charge is -2.16. The van der Waals surface area contributed by atoms with E-state index in [1.165, 1.54) is 5.56 Å². The van der Waals surface area contributed by atoms with Crippen LogP contribution >= 0.6 is 0 Å². The Labute approximate surface area is 131 Å². The van der Waals surface area contributed by atoms with E-state index in [1.54, 1.807) is 4.90 Å². The molecule has 1 saturated heterocycles. The zero-order chi connectivity index (χ0) is 15.7. The quantitative estimate of drug-likeness (QED) is 0.909. The van der Waals surface area contributed by atoms with Gasteiger partial charge in [-0.05, 0) is 43.6 Å². The summed E-state index contributed by atoms with van der Waals surface area (Å²) >= 11 is 0. The fraction of sp³-hybridized carbons (Fsp3) is 0.556. The van der Waals surface area contributed by atoms with E-state index in [9.17, 15) is 14.7 Å². The van der Waals surface area contributed by atoms with Gasteiger partial charge in [0.15, 0.2) is 0 Å². The summed E-state index contributed by atoms with van der Waals surface area (Å²) in [6.45, 7) is 3.07. The van der Waals surface area contributed by atoms with Crippen LogP contribution in [0.1, 0.15) is 30.4 Å². The molecule has 1 heterocycles. The Morgan fingerprint density at radius 2 is 1.86 bits per heavy atom. The monoisotopic (exact) mass is 301 g/mol. The molecule has 0 unspecified atom stereocenters. The number of aliphatic carboxylic acids is 1. The van der Waals surface area contributed by atoms with E-state index in [-0.39, 0.29) is 17.7 Å². The molecule has 1 aromatic rings. The first-order valence-electron chi connectivity index (χ1n) is 8.10. The van der Waals surface area contributed by atoms with Crippen molar-refractivity contribution < 1.29 is 14.7 Å². The van der Waals surface area contributed by atoms with Crippen LogP contribution in [-0.4, -0.2) is 35.0 Å². The highest BCUT2D eigenvalue weighted by molar-refractivity contribution is 5.79. The largest absolute Gasteiger partial charge is 0.481 e. The van der Waals surface area contributed by atoms with E-state index in [2.05, 4.69) is 24.3 Å².